The molecule has 0 bridgehead atoms. The van der Waals surface area contributed by atoms with Crippen molar-refractivity contribution in [1.82, 2.24) is 0 Å². The van der Waals surface area contributed by atoms with Gasteiger partial charge in [-0.3, -0.25) is 0 Å². The molecule has 0 aromatic heterocycles. The maximum Gasteiger partial charge on any atom is 0.0211 e. The maximum atomic E-state index is 4.50. The molecule has 5 aliphatic rings. The number of hydrogen-bond acceptors (Lipinski definition) is 0. The van der Waals surface area contributed by atoms with Gasteiger partial charge in [0.25, 0.3) is 0 Å². The van der Waals surface area contributed by atoms with Crippen LogP contribution in [0.15, 0.2) is 107 Å². The molecule has 0 N–H and O–H groups in total. The molecule has 0 spiro atoms. The quantitative estimate of drug-likeness (QED) is 0.424. The summed E-state index contributed by atoms with van der Waals surface area (Å²) in [5.74, 6) is 1.33. The van der Waals surface area contributed by atoms with Gasteiger partial charge in [-0.25, -0.2) is 0 Å². The molecule has 0 aliphatic heterocycles. The zero-order valence-corrected chi connectivity index (χ0v) is 19.7. The van der Waals surface area contributed by atoms with Gasteiger partial charge in [0.1, 0.15) is 0 Å². The molecule has 0 amide bonds. The molecule has 166 valence electrons. The normalized spacial score (nSPS) is 23.5. The first-order valence-corrected chi connectivity index (χ1v) is 12.9. The predicted molar refractivity (Wildman–Crippen MR) is 141 cm³/mol. The van der Waals surface area contributed by atoms with Gasteiger partial charge in [-0.2, -0.15) is 0 Å². The highest BCUT2D eigenvalue weighted by molar-refractivity contribution is 5.73. The lowest BCUT2D eigenvalue weighted by molar-refractivity contribution is 0.356. The van der Waals surface area contributed by atoms with Crippen LogP contribution < -0.4 is 0 Å². The van der Waals surface area contributed by atoms with E-state index in [-0.39, 0.29) is 0 Å². The van der Waals surface area contributed by atoms with Gasteiger partial charge in [0.05, 0.1) is 0 Å². The smallest absolute Gasteiger partial charge is 0.0211 e. The van der Waals surface area contributed by atoms with Crippen molar-refractivity contribution in [1.29, 1.82) is 0 Å². The van der Waals surface area contributed by atoms with Crippen molar-refractivity contribution in [3.63, 3.8) is 0 Å². The van der Waals surface area contributed by atoms with Crippen LogP contribution in [0.4, 0.5) is 0 Å². The van der Waals surface area contributed by atoms with E-state index < -0.39 is 0 Å². The summed E-state index contributed by atoms with van der Waals surface area (Å²) >= 11 is 0. The molecule has 1 aromatic carbocycles. The van der Waals surface area contributed by atoms with Gasteiger partial charge >= 0.3 is 0 Å². The molecule has 5 aliphatic carbocycles. The Labute approximate surface area is 199 Å². The minimum atomic E-state index is 0.434. The molecular weight excluding hydrogens is 396 g/mol. The zero-order valence-electron chi connectivity index (χ0n) is 19.7. The van der Waals surface area contributed by atoms with E-state index in [0.717, 1.165) is 25.2 Å². The molecule has 1 unspecified atom stereocenters. The van der Waals surface area contributed by atoms with Crippen molar-refractivity contribution in [2.75, 3.05) is 0 Å². The first-order chi connectivity index (χ1) is 16.2. The van der Waals surface area contributed by atoms with Gasteiger partial charge < -0.3 is 0 Å². The van der Waals surface area contributed by atoms with Crippen LogP contribution in [0.1, 0.15) is 61.6 Å². The van der Waals surface area contributed by atoms with Crippen LogP contribution >= 0.6 is 0 Å². The molecule has 1 aromatic rings. The number of allylic oxidation sites excluding steroid dienone is 14. The van der Waals surface area contributed by atoms with E-state index in [1.54, 1.807) is 0 Å². The van der Waals surface area contributed by atoms with Gasteiger partial charge in [-0.1, -0.05) is 112 Å². The number of rotatable bonds is 6. The average molecular weight is 431 g/mol. The summed E-state index contributed by atoms with van der Waals surface area (Å²) in [5, 5.41) is 0. The standard InChI is InChI=1S/C33H34/c1-23(31-17-16-26-10-5-6-12-33(26)31)18-28-11-7-13-32(28)30-21-27-15-14-25(20-29(27)22-30)19-24-8-3-2-4-9-24/h5-6,10-17,20,22,24,26H,1-4,7-9,18-19,21H2. The predicted octanol–water partition coefficient (Wildman–Crippen LogP) is 8.56. The summed E-state index contributed by atoms with van der Waals surface area (Å²) in [5.41, 5.74) is 12.9. The highest BCUT2D eigenvalue weighted by atomic mass is 14.3. The van der Waals surface area contributed by atoms with E-state index in [9.17, 15) is 0 Å². The number of fused-ring (bicyclic) bond motifs is 2. The summed E-state index contributed by atoms with van der Waals surface area (Å²) in [4.78, 5) is 0. The number of hydrogen-bond donors (Lipinski definition) is 0. The van der Waals surface area contributed by atoms with Crippen LogP contribution in [0.3, 0.4) is 0 Å². The van der Waals surface area contributed by atoms with Crippen molar-refractivity contribution in [2.45, 2.75) is 57.8 Å². The van der Waals surface area contributed by atoms with Crippen LogP contribution in [0.2, 0.25) is 0 Å². The Bertz CT molecular complexity index is 1190. The third kappa shape index (κ3) is 4.12. The van der Waals surface area contributed by atoms with Crippen molar-refractivity contribution in [3.05, 3.63) is 124 Å². The minimum Gasteiger partial charge on any atom is -0.0949 e. The molecular formula is C33H34. The van der Waals surface area contributed by atoms with E-state index in [0.29, 0.717) is 5.92 Å². The van der Waals surface area contributed by atoms with Gasteiger partial charge in [-0.15, -0.1) is 0 Å². The van der Waals surface area contributed by atoms with E-state index in [1.165, 1.54) is 88.7 Å². The van der Waals surface area contributed by atoms with Crippen molar-refractivity contribution < 1.29 is 0 Å². The molecule has 0 heterocycles. The minimum absolute atomic E-state index is 0.434. The molecule has 1 saturated carbocycles. The van der Waals surface area contributed by atoms with Gasteiger partial charge in [0, 0.05) is 5.92 Å². The lowest BCUT2D eigenvalue weighted by atomic mass is 9.84. The molecule has 0 nitrogen and oxygen atoms in total. The van der Waals surface area contributed by atoms with Crippen molar-refractivity contribution >= 4 is 6.08 Å². The molecule has 6 rings (SSSR count). The Morgan fingerprint density at radius 3 is 2.79 bits per heavy atom. The summed E-state index contributed by atoms with van der Waals surface area (Å²) in [6.45, 7) is 4.50. The lowest BCUT2D eigenvalue weighted by Gasteiger charge is -2.21. The van der Waals surface area contributed by atoms with Crippen LogP contribution in [0.25, 0.3) is 6.08 Å². The van der Waals surface area contributed by atoms with Gasteiger partial charge in [0.2, 0.25) is 0 Å². The van der Waals surface area contributed by atoms with E-state index in [4.69, 9.17) is 0 Å². The molecule has 0 radical (unpaired) electrons. The summed E-state index contributed by atoms with van der Waals surface area (Å²) in [7, 11) is 0. The van der Waals surface area contributed by atoms with Crippen LogP contribution in [-0.4, -0.2) is 0 Å². The second-order valence-electron chi connectivity index (χ2n) is 10.4. The second-order valence-corrected chi connectivity index (χ2v) is 10.4. The van der Waals surface area contributed by atoms with Crippen LogP contribution in [0.5, 0.6) is 0 Å². The van der Waals surface area contributed by atoms with Crippen LogP contribution in [-0.2, 0) is 12.8 Å². The van der Waals surface area contributed by atoms with Gasteiger partial charge in [-0.05, 0) is 81.7 Å². The first-order valence-electron chi connectivity index (χ1n) is 12.9. The topological polar surface area (TPSA) is 0 Å². The fourth-order valence-corrected chi connectivity index (χ4v) is 6.41. The molecule has 0 saturated heterocycles. The monoisotopic (exact) mass is 430 g/mol. The molecule has 1 fully saturated rings. The Kier molecular flexibility index (Phi) is 5.54. The summed E-state index contributed by atoms with van der Waals surface area (Å²) in [6.07, 6.45) is 32.2. The Hall–Kier alpha value is -2.86. The number of benzene rings is 1. The van der Waals surface area contributed by atoms with Crippen LogP contribution in [0, 0.1) is 11.8 Å². The first kappa shape index (κ1) is 20.7. The third-order valence-electron chi connectivity index (χ3n) is 8.18. The van der Waals surface area contributed by atoms with E-state index in [1.807, 2.05) is 0 Å². The largest absolute Gasteiger partial charge is 0.0949 e. The Morgan fingerprint density at radius 1 is 0.970 bits per heavy atom. The fourth-order valence-electron chi connectivity index (χ4n) is 6.41. The summed E-state index contributed by atoms with van der Waals surface area (Å²) in [6, 6.07) is 7.27. The Balaban J connectivity index is 1.16. The Morgan fingerprint density at radius 2 is 1.88 bits per heavy atom. The molecule has 0 heteroatoms. The third-order valence-corrected chi connectivity index (χ3v) is 8.18. The van der Waals surface area contributed by atoms with E-state index >= 15 is 0 Å². The molecule has 33 heavy (non-hydrogen) atoms. The fraction of sp³-hybridized carbons (Fsp3) is 0.333. The second kappa shape index (κ2) is 8.82. The van der Waals surface area contributed by atoms with Crippen molar-refractivity contribution in [3.8, 4) is 0 Å². The molecule has 1 atom stereocenters. The van der Waals surface area contributed by atoms with Crippen molar-refractivity contribution in [2.24, 2.45) is 11.8 Å². The maximum absolute atomic E-state index is 4.50. The summed E-state index contributed by atoms with van der Waals surface area (Å²) < 4.78 is 0. The van der Waals surface area contributed by atoms with E-state index in [2.05, 4.69) is 79.5 Å². The van der Waals surface area contributed by atoms with Gasteiger partial charge in [0.15, 0.2) is 0 Å². The lowest BCUT2D eigenvalue weighted by Crippen LogP contribution is -2.09. The zero-order chi connectivity index (χ0) is 22.2. The highest BCUT2D eigenvalue weighted by Crippen LogP contribution is 2.41. The average Bonchev–Trinajstić information content (AvgIpc) is 3.57. The SMILES string of the molecule is C=C(CC1=CCC=C1C1=Cc2cc(CC3CCCCC3)ccc2C1)C1=C2C=CC=CC2C=C1. The highest BCUT2D eigenvalue weighted by Gasteiger charge is 2.24.